The molecular formula is C15H20N4O4S. The Hall–Kier alpha value is -2.23. The van der Waals surface area contributed by atoms with E-state index in [1.807, 2.05) is 0 Å². The number of nitrogen functional groups attached to an aromatic ring is 2. The van der Waals surface area contributed by atoms with Gasteiger partial charge < -0.3 is 11.5 Å². The van der Waals surface area contributed by atoms with E-state index in [2.05, 4.69) is 34.2 Å². The van der Waals surface area contributed by atoms with Gasteiger partial charge in [-0.2, -0.15) is 8.42 Å². The monoisotopic (exact) mass is 352 g/mol. The first-order valence-electron chi connectivity index (χ1n) is 7.38. The smallest absolute Gasteiger partial charge is 0.394 e. The number of anilines is 2. The molecule has 1 aliphatic carbocycles. The topological polar surface area (TPSA) is 152 Å². The molecular weight excluding hydrogens is 332 g/mol. The zero-order valence-corrected chi connectivity index (χ0v) is 13.8. The quantitative estimate of drug-likeness (QED) is 0.595. The highest BCUT2D eigenvalue weighted by atomic mass is 32.3. The standard InChI is InChI=1S/C15H18N4.H2O4S/c16-14-13(18-9-19-15(14)17)8-11-6-3-5-10-4-1-2-7-12(10)11;1-5(2,3)4/h1-2,4,7,9,11H,3,5-6,8,16H2,(H2,17,18,19);(H2,1,2,3,4). The first-order valence-corrected chi connectivity index (χ1v) is 8.78. The third kappa shape index (κ3) is 5.15. The number of fused-ring (bicyclic) bond motifs is 1. The van der Waals surface area contributed by atoms with Gasteiger partial charge in [-0.3, -0.25) is 9.11 Å². The van der Waals surface area contributed by atoms with Crippen molar-refractivity contribution in [2.45, 2.75) is 31.6 Å². The maximum absolute atomic E-state index is 8.74. The summed E-state index contributed by atoms with van der Waals surface area (Å²) < 4.78 is 31.6. The highest BCUT2D eigenvalue weighted by molar-refractivity contribution is 7.79. The molecule has 0 spiro atoms. The Bertz CT molecular complexity index is 803. The van der Waals surface area contributed by atoms with Crippen molar-refractivity contribution in [2.75, 3.05) is 11.5 Å². The number of aryl methyl sites for hydroxylation is 1. The van der Waals surface area contributed by atoms with E-state index in [0.29, 0.717) is 17.4 Å². The summed E-state index contributed by atoms with van der Waals surface area (Å²) in [5, 5.41) is 0. The fourth-order valence-electron chi connectivity index (χ4n) is 2.91. The third-order valence-corrected chi connectivity index (χ3v) is 3.93. The van der Waals surface area contributed by atoms with Crippen LogP contribution in [0, 0.1) is 0 Å². The van der Waals surface area contributed by atoms with Crippen molar-refractivity contribution in [2.24, 2.45) is 0 Å². The molecule has 1 heterocycles. The molecule has 0 saturated heterocycles. The minimum atomic E-state index is -4.67. The van der Waals surface area contributed by atoms with Gasteiger partial charge in [0.1, 0.15) is 12.1 Å². The van der Waals surface area contributed by atoms with Crippen LogP contribution in [0.5, 0.6) is 0 Å². The predicted octanol–water partition coefficient (Wildman–Crippen LogP) is 1.65. The van der Waals surface area contributed by atoms with Crippen molar-refractivity contribution < 1.29 is 17.5 Å². The van der Waals surface area contributed by atoms with E-state index >= 15 is 0 Å². The highest BCUT2D eigenvalue weighted by Crippen LogP contribution is 2.34. The second-order valence-corrected chi connectivity index (χ2v) is 6.45. The van der Waals surface area contributed by atoms with Crippen LogP contribution in [-0.4, -0.2) is 27.5 Å². The van der Waals surface area contributed by atoms with E-state index < -0.39 is 10.4 Å². The van der Waals surface area contributed by atoms with Crippen molar-refractivity contribution >= 4 is 21.9 Å². The van der Waals surface area contributed by atoms with Gasteiger partial charge in [-0.25, -0.2) is 9.97 Å². The average molecular weight is 352 g/mol. The zero-order valence-electron chi connectivity index (χ0n) is 13.0. The van der Waals surface area contributed by atoms with E-state index in [9.17, 15) is 0 Å². The van der Waals surface area contributed by atoms with Crippen LogP contribution in [0.1, 0.15) is 35.6 Å². The first kappa shape index (κ1) is 18.1. The SMILES string of the molecule is Nc1ncnc(CC2CCCc3ccccc32)c1N.O=S(=O)(O)O. The summed E-state index contributed by atoms with van der Waals surface area (Å²) in [7, 11) is -4.67. The van der Waals surface area contributed by atoms with Crippen molar-refractivity contribution in [3.05, 3.63) is 47.4 Å². The van der Waals surface area contributed by atoms with E-state index in [0.717, 1.165) is 12.1 Å². The lowest BCUT2D eigenvalue weighted by Crippen LogP contribution is -2.14. The predicted molar refractivity (Wildman–Crippen MR) is 90.9 cm³/mol. The molecule has 6 N–H and O–H groups in total. The van der Waals surface area contributed by atoms with Gasteiger partial charge in [-0.05, 0) is 42.7 Å². The molecule has 2 aromatic rings. The van der Waals surface area contributed by atoms with Crippen molar-refractivity contribution in [1.29, 1.82) is 0 Å². The molecule has 0 amide bonds. The summed E-state index contributed by atoms with van der Waals surface area (Å²) in [4.78, 5) is 8.21. The molecule has 130 valence electrons. The summed E-state index contributed by atoms with van der Waals surface area (Å²) >= 11 is 0. The molecule has 9 heteroatoms. The number of hydrogen-bond donors (Lipinski definition) is 4. The largest absolute Gasteiger partial charge is 0.394 e. The molecule has 1 aliphatic rings. The second-order valence-electron chi connectivity index (χ2n) is 5.56. The van der Waals surface area contributed by atoms with Crippen LogP contribution < -0.4 is 11.5 Å². The van der Waals surface area contributed by atoms with Gasteiger partial charge in [-0.1, -0.05) is 24.3 Å². The fourth-order valence-corrected chi connectivity index (χ4v) is 2.91. The number of rotatable bonds is 2. The van der Waals surface area contributed by atoms with Gasteiger partial charge in [0.25, 0.3) is 0 Å². The third-order valence-electron chi connectivity index (χ3n) is 3.93. The lowest BCUT2D eigenvalue weighted by atomic mass is 9.80. The van der Waals surface area contributed by atoms with Gasteiger partial charge in [0, 0.05) is 0 Å². The Morgan fingerprint density at radius 3 is 2.54 bits per heavy atom. The Labute approximate surface area is 140 Å². The summed E-state index contributed by atoms with van der Waals surface area (Å²) in [6.45, 7) is 0. The van der Waals surface area contributed by atoms with Crippen molar-refractivity contribution in [3.8, 4) is 0 Å². The molecule has 0 fully saturated rings. The molecule has 8 nitrogen and oxygen atoms in total. The molecule has 1 unspecified atom stereocenters. The molecule has 0 radical (unpaired) electrons. The van der Waals surface area contributed by atoms with Crippen molar-refractivity contribution in [1.82, 2.24) is 9.97 Å². The lowest BCUT2D eigenvalue weighted by molar-refractivity contribution is 0.381. The number of hydrogen-bond acceptors (Lipinski definition) is 6. The average Bonchev–Trinajstić information content (AvgIpc) is 2.51. The molecule has 1 aromatic heterocycles. The van der Waals surface area contributed by atoms with Crippen LogP contribution in [0.25, 0.3) is 0 Å². The highest BCUT2D eigenvalue weighted by Gasteiger charge is 2.21. The Morgan fingerprint density at radius 1 is 1.17 bits per heavy atom. The molecule has 0 saturated carbocycles. The van der Waals surface area contributed by atoms with Crippen LogP contribution in [-0.2, 0) is 23.2 Å². The normalized spacial score (nSPS) is 16.7. The summed E-state index contributed by atoms with van der Waals surface area (Å²) in [6.07, 6.45) is 5.92. The van der Waals surface area contributed by atoms with E-state index in [1.54, 1.807) is 0 Å². The fraction of sp³-hybridized carbons (Fsp3) is 0.333. The number of nitrogens with zero attached hydrogens (tertiary/aromatic N) is 2. The van der Waals surface area contributed by atoms with Gasteiger partial charge in [-0.15, -0.1) is 0 Å². The molecule has 3 rings (SSSR count). The van der Waals surface area contributed by atoms with Crippen LogP contribution in [0.3, 0.4) is 0 Å². The van der Waals surface area contributed by atoms with Crippen LogP contribution >= 0.6 is 0 Å². The Balaban J connectivity index is 0.000000368. The van der Waals surface area contributed by atoms with E-state index in [-0.39, 0.29) is 0 Å². The second kappa shape index (κ2) is 7.56. The maximum Gasteiger partial charge on any atom is 0.394 e. The van der Waals surface area contributed by atoms with Gasteiger partial charge in [0.2, 0.25) is 0 Å². The first-order chi connectivity index (χ1) is 11.3. The Morgan fingerprint density at radius 2 is 1.83 bits per heavy atom. The van der Waals surface area contributed by atoms with Gasteiger partial charge in [0.15, 0.2) is 0 Å². The zero-order chi connectivity index (χ0) is 17.7. The molecule has 0 bridgehead atoms. The number of nitrogens with two attached hydrogens (primary N) is 2. The van der Waals surface area contributed by atoms with Gasteiger partial charge >= 0.3 is 10.4 Å². The summed E-state index contributed by atoms with van der Waals surface area (Å²) in [5.74, 6) is 0.871. The Kier molecular flexibility index (Phi) is 5.71. The van der Waals surface area contributed by atoms with Crippen LogP contribution in [0.15, 0.2) is 30.6 Å². The lowest BCUT2D eigenvalue weighted by Gasteiger charge is -2.25. The molecule has 0 aliphatic heterocycles. The van der Waals surface area contributed by atoms with E-state index in [4.69, 9.17) is 29.0 Å². The molecule has 24 heavy (non-hydrogen) atoms. The minimum absolute atomic E-state index is 0.383. The summed E-state index contributed by atoms with van der Waals surface area (Å²) in [6, 6.07) is 8.66. The van der Waals surface area contributed by atoms with Crippen molar-refractivity contribution in [3.63, 3.8) is 0 Å². The number of benzene rings is 1. The minimum Gasteiger partial charge on any atom is -0.394 e. The van der Waals surface area contributed by atoms with E-state index in [1.165, 1.54) is 36.7 Å². The van der Waals surface area contributed by atoms with Crippen LogP contribution in [0.4, 0.5) is 11.5 Å². The maximum atomic E-state index is 8.74. The van der Waals surface area contributed by atoms with Crippen LogP contribution in [0.2, 0.25) is 0 Å². The molecule has 1 atom stereocenters. The molecule has 1 aromatic carbocycles. The van der Waals surface area contributed by atoms with Gasteiger partial charge in [0.05, 0.1) is 11.4 Å². The number of aromatic nitrogens is 2. The summed E-state index contributed by atoms with van der Waals surface area (Å²) in [5.41, 5.74) is 16.0.